The molecule has 1 aliphatic rings. The maximum atomic E-state index is 3.55. The monoisotopic (exact) mass is 207 g/mol. The number of thioether (sulfide) groups is 1. The van der Waals surface area contributed by atoms with E-state index in [1.54, 1.807) is 0 Å². The lowest BCUT2D eigenvalue weighted by molar-refractivity contribution is 0.595. The first kappa shape index (κ1) is 10.1. The topological polar surface area (TPSA) is 12.0 Å². The molecule has 2 rings (SSSR count). The van der Waals surface area contributed by atoms with E-state index in [0.717, 1.165) is 13.0 Å². The molecule has 1 aromatic rings. The van der Waals surface area contributed by atoms with E-state index in [9.17, 15) is 0 Å². The number of benzene rings is 1. The summed E-state index contributed by atoms with van der Waals surface area (Å²) in [7, 11) is 0. The summed E-state index contributed by atoms with van der Waals surface area (Å²) < 4.78 is 0. The van der Waals surface area contributed by atoms with Crippen molar-refractivity contribution in [3.05, 3.63) is 35.4 Å². The van der Waals surface area contributed by atoms with Crippen LogP contribution in [0.25, 0.3) is 0 Å². The summed E-state index contributed by atoms with van der Waals surface area (Å²) in [6, 6.07) is 9.59. The van der Waals surface area contributed by atoms with Crippen molar-refractivity contribution in [1.82, 2.24) is 5.32 Å². The van der Waals surface area contributed by atoms with Gasteiger partial charge in [-0.05, 0) is 17.5 Å². The lowest BCUT2D eigenvalue weighted by atomic mass is 10.0. The van der Waals surface area contributed by atoms with Crippen molar-refractivity contribution in [3.8, 4) is 0 Å². The summed E-state index contributed by atoms with van der Waals surface area (Å²) in [5.41, 5.74) is 2.87. The highest BCUT2D eigenvalue weighted by molar-refractivity contribution is 7.99. The van der Waals surface area contributed by atoms with Crippen LogP contribution in [-0.4, -0.2) is 18.1 Å². The third kappa shape index (κ3) is 2.31. The summed E-state index contributed by atoms with van der Waals surface area (Å²) in [6.07, 6.45) is 1.13. The first-order valence-electron chi connectivity index (χ1n) is 5.30. The summed E-state index contributed by atoms with van der Waals surface area (Å²) in [5, 5.41) is 3.55. The summed E-state index contributed by atoms with van der Waals surface area (Å²) in [4.78, 5) is 0. The van der Waals surface area contributed by atoms with E-state index in [-0.39, 0.29) is 0 Å². The van der Waals surface area contributed by atoms with Crippen molar-refractivity contribution < 1.29 is 0 Å². The van der Waals surface area contributed by atoms with Crippen molar-refractivity contribution in [3.63, 3.8) is 0 Å². The average molecular weight is 207 g/mol. The van der Waals surface area contributed by atoms with Gasteiger partial charge in [0.15, 0.2) is 0 Å². The van der Waals surface area contributed by atoms with Gasteiger partial charge in [0.1, 0.15) is 0 Å². The third-order valence-electron chi connectivity index (χ3n) is 2.71. The van der Waals surface area contributed by atoms with Crippen LogP contribution in [0.15, 0.2) is 24.3 Å². The molecule has 0 spiro atoms. The van der Waals surface area contributed by atoms with Gasteiger partial charge in [-0.1, -0.05) is 31.2 Å². The fraction of sp³-hybridized carbons (Fsp3) is 0.500. The maximum absolute atomic E-state index is 3.55. The van der Waals surface area contributed by atoms with Gasteiger partial charge in [0.05, 0.1) is 0 Å². The molecule has 1 N–H and O–H groups in total. The highest BCUT2D eigenvalue weighted by atomic mass is 32.2. The van der Waals surface area contributed by atoms with E-state index in [4.69, 9.17) is 0 Å². The van der Waals surface area contributed by atoms with Crippen LogP contribution >= 0.6 is 11.8 Å². The summed E-state index contributed by atoms with van der Waals surface area (Å²) in [6.45, 7) is 3.34. The molecule has 1 fully saturated rings. The molecule has 76 valence electrons. The maximum Gasteiger partial charge on any atom is 0.0412 e. The quantitative estimate of drug-likeness (QED) is 0.800. The Kier molecular flexibility index (Phi) is 3.49. The molecule has 1 aliphatic heterocycles. The number of hydrogen-bond donors (Lipinski definition) is 1. The van der Waals surface area contributed by atoms with Gasteiger partial charge >= 0.3 is 0 Å². The summed E-state index contributed by atoms with van der Waals surface area (Å²) in [5.74, 6) is 2.47. The van der Waals surface area contributed by atoms with Crippen LogP contribution in [-0.2, 0) is 6.42 Å². The van der Waals surface area contributed by atoms with Crippen LogP contribution < -0.4 is 5.32 Å². The van der Waals surface area contributed by atoms with E-state index >= 15 is 0 Å². The van der Waals surface area contributed by atoms with Crippen molar-refractivity contribution in [1.29, 1.82) is 0 Å². The largest absolute Gasteiger partial charge is 0.308 e. The van der Waals surface area contributed by atoms with Crippen LogP contribution in [0.3, 0.4) is 0 Å². The van der Waals surface area contributed by atoms with Crippen molar-refractivity contribution in [2.24, 2.45) is 0 Å². The number of rotatable bonds is 2. The standard InChI is InChI=1S/C12H17NS/c1-2-10-3-5-11(6-4-10)12-9-14-8-7-13-12/h3-6,12-13H,2,7-9H2,1H3. The predicted octanol–water partition coefficient (Wildman–Crippen LogP) is 2.63. The summed E-state index contributed by atoms with van der Waals surface area (Å²) >= 11 is 2.05. The molecule has 14 heavy (non-hydrogen) atoms. The zero-order valence-corrected chi connectivity index (χ0v) is 9.44. The van der Waals surface area contributed by atoms with E-state index < -0.39 is 0 Å². The van der Waals surface area contributed by atoms with Crippen molar-refractivity contribution in [2.75, 3.05) is 18.1 Å². The average Bonchev–Trinajstić information content (AvgIpc) is 2.30. The number of nitrogens with one attached hydrogen (secondary N) is 1. The van der Waals surface area contributed by atoms with Gasteiger partial charge in [-0.2, -0.15) is 11.8 Å². The molecule has 0 aliphatic carbocycles. The highest BCUT2D eigenvalue weighted by Gasteiger charge is 2.14. The molecule has 1 nitrogen and oxygen atoms in total. The molecular weight excluding hydrogens is 190 g/mol. The van der Waals surface area contributed by atoms with Gasteiger partial charge < -0.3 is 5.32 Å². The molecular formula is C12H17NS. The minimum atomic E-state index is 0.569. The molecule has 1 unspecified atom stereocenters. The first-order valence-corrected chi connectivity index (χ1v) is 6.45. The van der Waals surface area contributed by atoms with E-state index in [1.807, 2.05) is 11.8 Å². The first-order chi connectivity index (χ1) is 6.90. The highest BCUT2D eigenvalue weighted by Crippen LogP contribution is 2.21. The fourth-order valence-corrected chi connectivity index (χ4v) is 2.74. The van der Waals surface area contributed by atoms with Crippen LogP contribution in [0.1, 0.15) is 24.1 Å². The number of aryl methyl sites for hydroxylation is 1. The Labute approximate surface area is 90.3 Å². The molecule has 0 bridgehead atoms. The van der Waals surface area contributed by atoms with Crippen molar-refractivity contribution in [2.45, 2.75) is 19.4 Å². The van der Waals surface area contributed by atoms with Crippen LogP contribution in [0, 0.1) is 0 Å². The zero-order chi connectivity index (χ0) is 9.80. The van der Waals surface area contributed by atoms with Gasteiger partial charge in [0, 0.05) is 24.1 Å². The third-order valence-corrected chi connectivity index (χ3v) is 3.77. The minimum Gasteiger partial charge on any atom is -0.308 e. The normalized spacial score (nSPS) is 22.2. The second-order valence-corrected chi connectivity index (χ2v) is 4.83. The van der Waals surface area contributed by atoms with E-state index in [2.05, 4.69) is 36.5 Å². The molecule has 0 amide bonds. The zero-order valence-electron chi connectivity index (χ0n) is 8.62. The Bertz CT molecular complexity index is 275. The molecule has 1 atom stereocenters. The lowest BCUT2D eigenvalue weighted by Gasteiger charge is -2.23. The molecule has 1 saturated heterocycles. The molecule has 2 heteroatoms. The lowest BCUT2D eigenvalue weighted by Crippen LogP contribution is -2.30. The fourth-order valence-electron chi connectivity index (χ4n) is 1.77. The van der Waals surface area contributed by atoms with Gasteiger partial charge in [-0.3, -0.25) is 0 Å². The molecule has 0 saturated carbocycles. The van der Waals surface area contributed by atoms with Gasteiger partial charge in [0.2, 0.25) is 0 Å². The molecule has 0 radical (unpaired) electrons. The second-order valence-electron chi connectivity index (χ2n) is 3.68. The molecule has 1 heterocycles. The Morgan fingerprint density at radius 1 is 1.36 bits per heavy atom. The Morgan fingerprint density at radius 3 is 2.71 bits per heavy atom. The Hall–Kier alpha value is -0.470. The van der Waals surface area contributed by atoms with Crippen LogP contribution in [0.5, 0.6) is 0 Å². The van der Waals surface area contributed by atoms with Gasteiger partial charge in [-0.15, -0.1) is 0 Å². The van der Waals surface area contributed by atoms with E-state index in [1.165, 1.54) is 22.6 Å². The SMILES string of the molecule is CCc1ccc(C2CSCCN2)cc1. The predicted molar refractivity (Wildman–Crippen MR) is 63.9 cm³/mol. The molecule has 0 aromatic heterocycles. The van der Waals surface area contributed by atoms with Crippen LogP contribution in [0.2, 0.25) is 0 Å². The number of hydrogen-bond acceptors (Lipinski definition) is 2. The minimum absolute atomic E-state index is 0.569. The second kappa shape index (κ2) is 4.85. The van der Waals surface area contributed by atoms with Crippen molar-refractivity contribution >= 4 is 11.8 Å². The smallest absolute Gasteiger partial charge is 0.0412 e. The van der Waals surface area contributed by atoms with Gasteiger partial charge in [-0.25, -0.2) is 0 Å². The van der Waals surface area contributed by atoms with E-state index in [0.29, 0.717) is 6.04 Å². The van der Waals surface area contributed by atoms with Crippen LogP contribution in [0.4, 0.5) is 0 Å². The Balaban J connectivity index is 2.07. The molecule has 1 aromatic carbocycles. The van der Waals surface area contributed by atoms with Gasteiger partial charge in [0.25, 0.3) is 0 Å². The Morgan fingerprint density at radius 2 is 2.14 bits per heavy atom.